The van der Waals surface area contributed by atoms with E-state index in [-0.39, 0.29) is 43.8 Å². The largest absolute Gasteiger partial charge is 0.380 e. The molecule has 0 radical (unpaired) electrons. The third kappa shape index (κ3) is 4.32. The van der Waals surface area contributed by atoms with Crippen molar-refractivity contribution in [1.82, 2.24) is 0 Å². The second-order valence-corrected chi connectivity index (χ2v) is 7.80. The van der Waals surface area contributed by atoms with Crippen LogP contribution in [0, 0.1) is 29.2 Å². The van der Waals surface area contributed by atoms with Crippen molar-refractivity contribution in [3.05, 3.63) is 23.3 Å². The molecule has 0 spiro atoms. The SMILES string of the molecule is C[C@@H]1CN(c2c(F)c(F)c(NCC3CCC(N)CC3)c(F)c2F)C[C@H](C)O1. The summed E-state index contributed by atoms with van der Waals surface area (Å²) in [5.74, 6) is -5.34. The van der Waals surface area contributed by atoms with E-state index in [1.165, 1.54) is 4.90 Å². The fourth-order valence-electron chi connectivity index (χ4n) is 4.05. The molecule has 0 unspecified atom stereocenters. The molecule has 2 atom stereocenters. The van der Waals surface area contributed by atoms with Gasteiger partial charge in [0, 0.05) is 25.7 Å². The number of nitrogens with one attached hydrogen (secondary N) is 1. The van der Waals surface area contributed by atoms with Gasteiger partial charge in [0.2, 0.25) is 0 Å². The number of morpholine rings is 1. The van der Waals surface area contributed by atoms with Gasteiger partial charge in [-0.25, -0.2) is 17.6 Å². The van der Waals surface area contributed by atoms with E-state index in [0.717, 1.165) is 25.7 Å². The van der Waals surface area contributed by atoms with Crippen molar-refractivity contribution in [2.45, 2.75) is 57.8 Å². The zero-order valence-electron chi connectivity index (χ0n) is 15.7. The van der Waals surface area contributed by atoms with Gasteiger partial charge in [-0.1, -0.05) is 0 Å². The van der Waals surface area contributed by atoms with E-state index in [1.54, 1.807) is 13.8 Å². The highest BCUT2D eigenvalue weighted by Crippen LogP contribution is 2.35. The zero-order valence-corrected chi connectivity index (χ0v) is 15.7. The third-order valence-electron chi connectivity index (χ3n) is 5.43. The highest BCUT2D eigenvalue weighted by molar-refractivity contribution is 5.60. The molecule has 4 nitrogen and oxygen atoms in total. The van der Waals surface area contributed by atoms with Crippen LogP contribution in [-0.2, 0) is 4.74 Å². The van der Waals surface area contributed by atoms with E-state index < -0.39 is 34.6 Å². The molecule has 0 bridgehead atoms. The fraction of sp³-hybridized carbons (Fsp3) is 0.684. The zero-order chi connectivity index (χ0) is 19.7. The van der Waals surface area contributed by atoms with Crippen molar-refractivity contribution in [1.29, 1.82) is 0 Å². The maximum atomic E-state index is 14.6. The highest BCUT2D eigenvalue weighted by atomic mass is 19.2. The van der Waals surface area contributed by atoms with Crippen LogP contribution in [0.2, 0.25) is 0 Å². The number of halogens is 4. The van der Waals surface area contributed by atoms with Gasteiger partial charge in [0.25, 0.3) is 0 Å². The summed E-state index contributed by atoms with van der Waals surface area (Å²) in [6.45, 7) is 4.07. The first-order chi connectivity index (χ1) is 12.8. The second kappa shape index (κ2) is 8.22. The number of nitrogens with zero attached hydrogens (tertiary/aromatic N) is 1. The molecule has 1 aliphatic carbocycles. The number of hydrogen-bond donors (Lipinski definition) is 2. The van der Waals surface area contributed by atoms with Gasteiger partial charge >= 0.3 is 0 Å². The lowest BCUT2D eigenvalue weighted by Gasteiger charge is -2.37. The molecule has 3 rings (SSSR count). The first-order valence-corrected chi connectivity index (χ1v) is 9.53. The van der Waals surface area contributed by atoms with E-state index in [2.05, 4.69) is 5.32 Å². The number of rotatable bonds is 4. The van der Waals surface area contributed by atoms with E-state index in [9.17, 15) is 17.6 Å². The number of ether oxygens (including phenoxy) is 1. The topological polar surface area (TPSA) is 50.5 Å². The molecule has 1 saturated heterocycles. The predicted molar refractivity (Wildman–Crippen MR) is 96.9 cm³/mol. The Labute approximate surface area is 157 Å². The Bertz CT molecular complexity index is 640. The summed E-state index contributed by atoms with van der Waals surface area (Å²) < 4.78 is 63.9. The van der Waals surface area contributed by atoms with Crippen molar-refractivity contribution in [2.75, 3.05) is 29.9 Å². The van der Waals surface area contributed by atoms with Crippen LogP contribution in [0.5, 0.6) is 0 Å². The second-order valence-electron chi connectivity index (χ2n) is 7.80. The summed E-state index contributed by atoms with van der Waals surface area (Å²) in [6, 6.07) is 0.155. The molecule has 8 heteroatoms. The Morgan fingerprint density at radius 1 is 0.926 bits per heavy atom. The van der Waals surface area contributed by atoms with Gasteiger partial charge in [0.1, 0.15) is 11.4 Å². The lowest BCUT2D eigenvalue weighted by Crippen LogP contribution is -2.46. The molecule has 0 amide bonds. The standard InChI is InChI=1S/C19H27F4N3O/c1-10-8-26(9-11(2)27-10)19-16(22)14(20)18(15(21)17(19)23)25-7-12-3-5-13(24)6-4-12/h10-13,25H,3-9,24H2,1-2H3/t10-,11+,12?,13?. The van der Waals surface area contributed by atoms with Crippen LogP contribution in [0.4, 0.5) is 28.9 Å². The van der Waals surface area contributed by atoms with Crippen molar-refractivity contribution < 1.29 is 22.3 Å². The minimum absolute atomic E-state index is 0.155. The van der Waals surface area contributed by atoms with Crippen LogP contribution in [0.3, 0.4) is 0 Å². The Balaban J connectivity index is 1.81. The van der Waals surface area contributed by atoms with Gasteiger partial charge in [0.15, 0.2) is 23.3 Å². The number of anilines is 2. The summed E-state index contributed by atoms with van der Waals surface area (Å²) in [5.41, 5.74) is 4.44. The van der Waals surface area contributed by atoms with Crippen LogP contribution in [0.25, 0.3) is 0 Å². The molecule has 1 aromatic rings. The average Bonchev–Trinajstić information content (AvgIpc) is 2.61. The van der Waals surface area contributed by atoms with Crippen molar-refractivity contribution in [3.8, 4) is 0 Å². The summed E-state index contributed by atoms with van der Waals surface area (Å²) in [6.07, 6.45) is 2.73. The Hall–Kier alpha value is -1.54. The monoisotopic (exact) mass is 389 g/mol. The van der Waals surface area contributed by atoms with E-state index in [1.807, 2.05) is 0 Å². The molecule has 2 fully saturated rings. The molecule has 3 N–H and O–H groups in total. The fourth-order valence-corrected chi connectivity index (χ4v) is 4.05. The van der Waals surface area contributed by atoms with Crippen molar-refractivity contribution >= 4 is 11.4 Å². The Morgan fingerprint density at radius 3 is 1.96 bits per heavy atom. The van der Waals surface area contributed by atoms with Gasteiger partial charge in [-0.05, 0) is 45.4 Å². The summed E-state index contributed by atoms with van der Waals surface area (Å²) in [4.78, 5) is 1.31. The third-order valence-corrected chi connectivity index (χ3v) is 5.43. The molecular formula is C19H27F4N3O. The number of nitrogens with two attached hydrogens (primary N) is 1. The maximum Gasteiger partial charge on any atom is 0.187 e. The van der Waals surface area contributed by atoms with E-state index in [0.29, 0.717) is 0 Å². The van der Waals surface area contributed by atoms with Crippen LogP contribution in [-0.4, -0.2) is 37.9 Å². The highest BCUT2D eigenvalue weighted by Gasteiger charge is 2.32. The van der Waals surface area contributed by atoms with E-state index >= 15 is 0 Å². The van der Waals surface area contributed by atoms with Crippen LogP contribution in [0.1, 0.15) is 39.5 Å². The van der Waals surface area contributed by atoms with Crippen LogP contribution < -0.4 is 16.0 Å². The molecule has 0 aromatic heterocycles. The molecule has 152 valence electrons. The minimum atomic E-state index is -1.39. The predicted octanol–water partition coefficient (Wildman–Crippen LogP) is 3.79. The lowest BCUT2D eigenvalue weighted by molar-refractivity contribution is -0.00565. The molecule has 1 saturated carbocycles. The Morgan fingerprint density at radius 2 is 1.44 bits per heavy atom. The molecule has 2 aliphatic rings. The van der Waals surface area contributed by atoms with E-state index in [4.69, 9.17) is 10.5 Å². The molecule has 1 aliphatic heterocycles. The smallest absolute Gasteiger partial charge is 0.187 e. The maximum absolute atomic E-state index is 14.6. The minimum Gasteiger partial charge on any atom is -0.380 e. The molecule has 1 heterocycles. The van der Waals surface area contributed by atoms with Crippen LogP contribution >= 0.6 is 0 Å². The van der Waals surface area contributed by atoms with Crippen LogP contribution in [0.15, 0.2) is 0 Å². The summed E-state index contributed by atoms with van der Waals surface area (Å²) in [7, 11) is 0. The quantitative estimate of drug-likeness (QED) is 0.608. The van der Waals surface area contributed by atoms with Gasteiger partial charge in [-0.15, -0.1) is 0 Å². The lowest BCUT2D eigenvalue weighted by atomic mass is 9.86. The van der Waals surface area contributed by atoms with Crippen molar-refractivity contribution in [3.63, 3.8) is 0 Å². The Kier molecular flexibility index (Phi) is 6.15. The first-order valence-electron chi connectivity index (χ1n) is 9.53. The number of benzene rings is 1. The van der Waals surface area contributed by atoms with Gasteiger partial charge < -0.3 is 20.7 Å². The summed E-state index contributed by atoms with van der Waals surface area (Å²) in [5, 5.41) is 2.58. The summed E-state index contributed by atoms with van der Waals surface area (Å²) >= 11 is 0. The molecule has 1 aromatic carbocycles. The van der Waals surface area contributed by atoms with Gasteiger partial charge in [-0.2, -0.15) is 0 Å². The normalized spacial score (nSPS) is 29.1. The molecule has 27 heavy (non-hydrogen) atoms. The number of hydrogen-bond acceptors (Lipinski definition) is 4. The average molecular weight is 389 g/mol. The van der Waals surface area contributed by atoms with Gasteiger partial charge in [-0.3, -0.25) is 0 Å². The first kappa shape index (κ1) is 20.2. The van der Waals surface area contributed by atoms with Crippen molar-refractivity contribution in [2.24, 2.45) is 11.7 Å². The van der Waals surface area contributed by atoms with Gasteiger partial charge in [0.05, 0.1) is 12.2 Å². The molecular weight excluding hydrogens is 362 g/mol.